The number of hydrogen-bond donors (Lipinski definition) is 1. The van der Waals surface area contributed by atoms with Crippen LogP contribution in [0.3, 0.4) is 0 Å². The highest BCUT2D eigenvalue weighted by Gasteiger charge is 2.14. The van der Waals surface area contributed by atoms with Crippen molar-refractivity contribution in [2.45, 2.75) is 0 Å². The summed E-state index contributed by atoms with van der Waals surface area (Å²) in [5.41, 5.74) is 0.937. The molecule has 100 valence electrons. The summed E-state index contributed by atoms with van der Waals surface area (Å²) in [7, 11) is 0. The SMILES string of the molecule is O=C(O)c1ccc(Br)cc1Oc1nc2ccccc2s1. The molecule has 0 unspecified atom stereocenters. The van der Waals surface area contributed by atoms with E-state index >= 15 is 0 Å². The second kappa shape index (κ2) is 5.22. The number of aromatic nitrogens is 1. The lowest BCUT2D eigenvalue weighted by molar-refractivity contribution is 0.0694. The van der Waals surface area contributed by atoms with E-state index in [0.717, 1.165) is 14.7 Å². The van der Waals surface area contributed by atoms with Crippen molar-refractivity contribution >= 4 is 43.5 Å². The Labute approximate surface area is 126 Å². The fourth-order valence-corrected chi connectivity index (χ4v) is 2.91. The number of para-hydroxylation sites is 1. The van der Waals surface area contributed by atoms with Crippen LogP contribution < -0.4 is 4.74 Å². The van der Waals surface area contributed by atoms with Crippen molar-refractivity contribution in [3.05, 3.63) is 52.5 Å². The second-order valence-electron chi connectivity index (χ2n) is 4.00. The number of thiazole rings is 1. The van der Waals surface area contributed by atoms with Gasteiger partial charge in [-0.05, 0) is 30.3 Å². The van der Waals surface area contributed by atoms with E-state index < -0.39 is 5.97 Å². The van der Waals surface area contributed by atoms with Gasteiger partial charge in [0.2, 0.25) is 0 Å². The molecule has 0 spiro atoms. The third kappa shape index (κ3) is 2.52. The highest BCUT2D eigenvalue weighted by Crippen LogP contribution is 2.33. The first-order chi connectivity index (χ1) is 9.63. The third-order valence-electron chi connectivity index (χ3n) is 2.65. The Balaban J connectivity index is 2.01. The van der Waals surface area contributed by atoms with Crippen LogP contribution in [0.5, 0.6) is 10.9 Å². The zero-order valence-corrected chi connectivity index (χ0v) is 12.4. The lowest BCUT2D eigenvalue weighted by atomic mass is 10.2. The molecule has 0 aliphatic heterocycles. The normalized spacial score (nSPS) is 10.7. The minimum absolute atomic E-state index is 0.104. The summed E-state index contributed by atoms with van der Waals surface area (Å²) in [5, 5.41) is 9.59. The van der Waals surface area contributed by atoms with Crippen LogP contribution in [0.2, 0.25) is 0 Å². The standard InChI is InChI=1S/C14H8BrNO3S/c15-8-5-6-9(13(17)18)11(7-8)19-14-16-10-3-1-2-4-12(10)20-14/h1-7H,(H,17,18). The van der Waals surface area contributed by atoms with Crippen molar-refractivity contribution in [3.8, 4) is 10.9 Å². The minimum atomic E-state index is -1.03. The average Bonchev–Trinajstić information content (AvgIpc) is 2.80. The van der Waals surface area contributed by atoms with Crippen molar-refractivity contribution < 1.29 is 14.6 Å². The number of fused-ring (bicyclic) bond motifs is 1. The fourth-order valence-electron chi connectivity index (χ4n) is 1.75. The van der Waals surface area contributed by atoms with Gasteiger partial charge in [-0.3, -0.25) is 0 Å². The molecule has 3 aromatic rings. The number of rotatable bonds is 3. The Morgan fingerprint density at radius 1 is 1.25 bits per heavy atom. The zero-order chi connectivity index (χ0) is 14.1. The van der Waals surface area contributed by atoms with Crippen molar-refractivity contribution in [3.63, 3.8) is 0 Å². The van der Waals surface area contributed by atoms with Gasteiger partial charge in [0.15, 0.2) is 0 Å². The Morgan fingerprint density at radius 3 is 2.80 bits per heavy atom. The van der Waals surface area contributed by atoms with Gasteiger partial charge < -0.3 is 9.84 Å². The molecule has 0 bridgehead atoms. The predicted molar refractivity (Wildman–Crippen MR) is 80.8 cm³/mol. The molecule has 0 fully saturated rings. The quantitative estimate of drug-likeness (QED) is 0.753. The monoisotopic (exact) mass is 349 g/mol. The van der Waals surface area contributed by atoms with E-state index in [9.17, 15) is 4.79 Å². The molecule has 0 atom stereocenters. The van der Waals surface area contributed by atoms with Crippen molar-refractivity contribution in [2.24, 2.45) is 0 Å². The van der Waals surface area contributed by atoms with Gasteiger partial charge in [0.1, 0.15) is 11.3 Å². The lowest BCUT2D eigenvalue weighted by Gasteiger charge is -2.06. The number of halogens is 1. The Kier molecular flexibility index (Phi) is 3.42. The molecule has 1 N–H and O–H groups in total. The first-order valence-electron chi connectivity index (χ1n) is 5.70. The molecule has 0 amide bonds. The van der Waals surface area contributed by atoms with Gasteiger partial charge in [-0.15, -0.1) is 0 Å². The fraction of sp³-hybridized carbons (Fsp3) is 0. The molecule has 20 heavy (non-hydrogen) atoms. The summed E-state index contributed by atoms with van der Waals surface area (Å²) < 4.78 is 7.38. The van der Waals surface area contributed by atoms with Crippen LogP contribution in [0.4, 0.5) is 0 Å². The molecule has 0 radical (unpaired) electrons. The first-order valence-corrected chi connectivity index (χ1v) is 7.31. The number of carboxylic acid groups (broad SMARTS) is 1. The van der Waals surface area contributed by atoms with Gasteiger partial charge >= 0.3 is 5.97 Å². The molecule has 3 rings (SSSR count). The molecular weight excluding hydrogens is 342 g/mol. The van der Waals surface area contributed by atoms with Crippen molar-refractivity contribution in [2.75, 3.05) is 0 Å². The molecule has 0 saturated heterocycles. The van der Waals surface area contributed by atoms with Crippen LogP contribution in [0, 0.1) is 0 Å². The average molecular weight is 350 g/mol. The molecule has 1 heterocycles. The molecule has 4 nitrogen and oxygen atoms in total. The van der Waals surface area contributed by atoms with Gasteiger partial charge in [-0.25, -0.2) is 9.78 Å². The highest BCUT2D eigenvalue weighted by atomic mass is 79.9. The summed E-state index contributed by atoms with van der Waals surface area (Å²) in [4.78, 5) is 15.5. The van der Waals surface area contributed by atoms with Crippen LogP contribution in [-0.2, 0) is 0 Å². The largest absolute Gasteiger partial charge is 0.478 e. The van der Waals surface area contributed by atoms with Crippen LogP contribution in [-0.4, -0.2) is 16.1 Å². The topological polar surface area (TPSA) is 59.4 Å². The maximum atomic E-state index is 11.2. The van der Waals surface area contributed by atoms with Gasteiger partial charge in [-0.2, -0.15) is 0 Å². The van der Waals surface area contributed by atoms with E-state index in [4.69, 9.17) is 9.84 Å². The number of nitrogens with zero attached hydrogens (tertiary/aromatic N) is 1. The first kappa shape index (κ1) is 13.1. The van der Waals surface area contributed by atoms with Crippen LogP contribution >= 0.6 is 27.3 Å². The maximum Gasteiger partial charge on any atom is 0.339 e. The lowest BCUT2D eigenvalue weighted by Crippen LogP contribution is -1.99. The van der Waals surface area contributed by atoms with Crippen LogP contribution in [0.15, 0.2) is 46.9 Å². The van der Waals surface area contributed by atoms with Gasteiger partial charge in [0, 0.05) is 4.47 Å². The van der Waals surface area contributed by atoms with E-state index in [1.807, 2.05) is 24.3 Å². The molecule has 0 aliphatic carbocycles. The summed E-state index contributed by atoms with van der Waals surface area (Å²) in [6.07, 6.45) is 0. The van der Waals surface area contributed by atoms with E-state index in [1.54, 1.807) is 12.1 Å². The zero-order valence-electron chi connectivity index (χ0n) is 10.0. The number of hydrogen-bond acceptors (Lipinski definition) is 4. The summed E-state index contributed by atoms with van der Waals surface area (Å²) in [6, 6.07) is 12.4. The summed E-state index contributed by atoms with van der Waals surface area (Å²) in [6.45, 7) is 0. The van der Waals surface area contributed by atoms with Crippen LogP contribution in [0.25, 0.3) is 10.2 Å². The van der Waals surface area contributed by atoms with E-state index in [1.165, 1.54) is 17.4 Å². The Morgan fingerprint density at radius 2 is 2.05 bits per heavy atom. The maximum absolute atomic E-state index is 11.2. The van der Waals surface area contributed by atoms with Gasteiger partial charge in [0.25, 0.3) is 5.19 Å². The third-order valence-corrected chi connectivity index (χ3v) is 4.05. The van der Waals surface area contributed by atoms with E-state index in [2.05, 4.69) is 20.9 Å². The van der Waals surface area contributed by atoms with Gasteiger partial charge in [-0.1, -0.05) is 39.4 Å². The second-order valence-corrected chi connectivity index (χ2v) is 5.90. The smallest absolute Gasteiger partial charge is 0.339 e. The Bertz CT molecular complexity index is 767. The summed E-state index contributed by atoms with van der Waals surface area (Å²) in [5.74, 6) is -0.764. The minimum Gasteiger partial charge on any atom is -0.478 e. The van der Waals surface area contributed by atoms with Gasteiger partial charge in [0.05, 0.1) is 10.2 Å². The molecule has 2 aromatic carbocycles. The number of carbonyl (C=O) groups is 1. The predicted octanol–water partition coefficient (Wildman–Crippen LogP) is 4.55. The number of carboxylic acids is 1. The van der Waals surface area contributed by atoms with Crippen LogP contribution in [0.1, 0.15) is 10.4 Å². The van der Waals surface area contributed by atoms with E-state index in [-0.39, 0.29) is 11.3 Å². The molecule has 0 aliphatic rings. The van der Waals surface area contributed by atoms with Crippen molar-refractivity contribution in [1.82, 2.24) is 4.98 Å². The van der Waals surface area contributed by atoms with E-state index in [0.29, 0.717) is 5.19 Å². The molecule has 1 aromatic heterocycles. The number of benzene rings is 2. The summed E-state index contributed by atoms with van der Waals surface area (Å²) >= 11 is 4.68. The van der Waals surface area contributed by atoms with Crippen molar-refractivity contribution in [1.29, 1.82) is 0 Å². The highest BCUT2D eigenvalue weighted by molar-refractivity contribution is 9.10. The number of aromatic carboxylic acids is 1. The number of ether oxygens (including phenoxy) is 1. The molecule has 6 heteroatoms. The molecular formula is C14H8BrNO3S. The Hall–Kier alpha value is -1.92. The molecule has 0 saturated carbocycles.